The van der Waals surface area contributed by atoms with Crippen LogP contribution >= 0.6 is 0 Å². The van der Waals surface area contributed by atoms with E-state index in [1.165, 1.54) is 19.5 Å². The van der Waals surface area contributed by atoms with E-state index in [0.717, 1.165) is 0 Å². The van der Waals surface area contributed by atoms with Crippen molar-refractivity contribution in [1.82, 2.24) is 4.98 Å². The van der Waals surface area contributed by atoms with Crippen molar-refractivity contribution in [3.63, 3.8) is 0 Å². The Morgan fingerprint density at radius 2 is 2.07 bits per heavy atom. The second-order valence-corrected chi connectivity index (χ2v) is 3.98. The van der Waals surface area contributed by atoms with Crippen LogP contribution in [0.2, 0.25) is 0 Å². The van der Waals surface area contributed by atoms with Crippen LogP contribution in [0.25, 0.3) is 0 Å². The highest BCUT2D eigenvalue weighted by Gasteiger charge is 2.55. The minimum Gasteiger partial charge on any atom is -0.495 e. The van der Waals surface area contributed by atoms with Gasteiger partial charge in [0.05, 0.1) is 18.8 Å². The van der Waals surface area contributed by atoms with Crippen molar-refractivity contribution in [2.75, 3.05) is 7.11 Å². The fraction of sp³-hybridized carbons (Fsp3) is 0.500. The molecule has 2 N–H and O–H groups in total. The molecule has 2 rings (SSSR count). The summed E-state index contributed by atoms with van der Waals surface area (Å²) >= 11 is 0. The molecule has 0 unspecified atom stereocenters. The first kappa shape index (κ1) is 10.3. The number of halogens is 2. The summed E-state index contributed by atoms with van der Waals surface area (Å²) in [5.74, 6) is -2.11. The van der Waals surface area contributed by atoms with Gasteiger partial charge < -0.3 is 10.5 Å². The number of alkyl halides is 2. The molecule has 1 aliphatic rings. The lowest BCUT2D eigenvalue weighted by Crippen LogP contribution is -2.55. The van der Waals surface area contributed by atoms with Gasteiger partial charge >= 0.3 is 0 Å². The molecule has 0 spiro atoms. The molecule has 1 saturated carbocycles. The number of methoxy groups -OCH3 is 1. The summed E-state index contributed by atoms with van der Waals surface area (Å²) in [5.41, 5.74) is 5.50. The quantitative estimate of drug-likeness (QED) is 0.814. The lowest BCUT2D eigenvalue weighted by atomic mass is 9.70. The molecule has 0 aliphatic heterocycles. The van der Waals surface area contributed by atoms with Gasteiger partial charge in [-0.05, 0) is 11.6 Å². The maximum atomic E-state index is 12.8. The Bertz CT molecular complexity index is 373. The molecule has 1 heterocycles. The van der Waals surface area contributed by atoms with E-state index in [1.54, 1.807) is 6.07 Å². The molecule has 0 aromatic carbocycles. The molecule has 0 atom stereocenters. The Balaban J connectivity index is 2.23. The Hall–Kier alpha value is -1.23. The van der Waals surface area contributed by atoms with Gasteiger partial charge in [0.25, 0.3) is 5.92 Å². The van der Waals surface area contributed by atoms with E-state index in [-0.39, 0.29) is 12.8 Å². The standard InChI is InChI=1S/C10H12F2N2O/c1-15-8-2-7(3-14-4-8)9(13)5-10(11,12)6-9/h2-4H,5-6,13H2,1H3. The molecule has 0 saturated heterocycles. The molecule has 82 valence electrons. The van der Waals surface area contributed by atoms with Gasteiger partial charge in [0.2, 0.25) is 0 Å². The van der Waals surface area contributed by atoms with Gasteiger partial charge in [-0.2, -0.15) is 0 Å². The summed E-state index contributed by atoms with van der Waals surface area (Å²) < 4.78 is 30.5. The lowest BCUT2D eigenvalue weighted by molar-refractivity contribution is -0.125. The Morgan fingerprint density at radius 3 is 2.60 bits per heavy atom. The van der Waals surface area contributed by atoms with E-state index in [0.29, 0.717) is 11.3 Å². The summed E-state index contributed by atoms with van der Waals surface area (Å²) in [7, 11) is 1.50. The summed E-state index contributed by atoms with van der Waals surface area (Å²) in [5, 5.41) is 0. The topological polar surface area (TPSA) is 48.1 Å². The molecule has 0 amide bonds. The SMILES string of the molecule is COc1cncc(C2(N)CC(F)(F)C2)c1. The summed E-state index contributed by atoms with van der Waals surface area (Å²) in [6.07, 6.45) is 2.38. The van der Waals surface area contributed by atoms with Crippen molar-refractivity contribution in [1.29, 1.82) is 0 Å². The number of hydrogen-bond acceptors (Lipinski definition) is 3. The van der Waals surface area contributed by atoms with E-state index in [1.807, 2.05) is 0 Å². The van der Waals surface area contributed by atoms with Crippen LogP contribution in [0.4, 0.5) is 8.78 Å². The van der Waals surface area contributed by atoms with E-state index in [9.17, 15) is 8.78 Å². The minimum absolute atomic E-state index is 0.325. The van der Waals surface area contributed by atoms with E-state index >= 15 is 0 Å². The summed E-state index contributed by atoms with van der Waals surface area (Å²) in [6.45, 7) is 0. The van der Waals surface area contributed by atoms with Crippen LogP contribution in [-0.2, 0) is 5.54 Å². The number of aromatic nitrogens is 1. The number of pyridine rings is 1. The zero-order valence-corrected chi connectivity index (χ0v) is 8.34. The predicted octanol–water partition coefficient (Wildman–Crippen LogP) is 1.67. The average Bonchev–Trinajstić information content (AvgIpc) is 2.15. The van der Waals surface area contributed by atoms with Gasteiger partial charge in [-0.25, -0.2) is 8.78 Å². The third kappa shape index (κ3) is 1.79. The third-order valence-corrected chi connectivity index (χ3v) is 2.67. The van der Waals surface area contributed by atoms with Crippen molar-refractivity contribution < 1.29 is 13.5 Å². The molecule has 1 fully saturated rings. The highest BCUT2D eigenvalue weighted by atomic mass is 19.3. The highest BCUT2D eigenvalue weighted by Crippen LogP contribution is 2.49. The normalized spacial score (nSPS) is 21.9. The number of nitrogens with zero attached hydrogens (tertiary/aromatic N) is 1. The predicted molar refractivity (Wildman–Crippen MR) is 50.8 cm³/mol. The maximum Gasteiger partial charge on any atom is 0.252 e. The minimum atomic E-state index is -2.64. The molecule has 5 heteroatoms. The van der Waals surface area contributed by atoms with Gasteiger partial charge in [-0.1, -0.05) is 0 Å². The maximum absolute atomic E-state index is 12.8. The first-order valence-corrected chi connectivity index (χ1v) is 4.61. The summed E-state index contributed by atoms with van der Waals surface area (Å²) in [4.78, 5) is 3.90. The zero-order valence-electron chi connectivity index (χ0n) is 8.34. The number of rotatable bonds is 2. The van der Waals surface area contributed by atoms with Crippen LogP contribution in [0, 0.1) is 0 Å². The lowest BCUT2D eigenvalue weighted by Gasteiger charge is -2.44. The van der Waals surface area contributed by atoms with Crippen LogP contribution in [0.15, 0.2) is 18.5 Å². The fourth-order valence-corrected chi connectivity index (χ4v) is 1.88. The zero-order chi connectivity index (χ0) is 11.1. The van der Waals surface area contributed by atoms with Crippen LogP contribution in [-0.4, -0.2) is 18.0 Å². The molecule has 15 heavy (non-hydrogen) atoms. The van der Waals surface area contributed by atoms with Gasteiger partial charge in [0.15, 0.2) is 0 Å². The van der Waals surface area contributed by atoms with Crippen molar-refractivity contribution in [2.45, 2.75) is 24.3 Å². The van der Waals surface area contributed by atoms with Crippen LogP contribution in [0.5, 0.6) is 5.75 Å². The Kier molecular flexibility index (Phi) is 2.15. The van der Waals surface area contributed by atoms with Crippen molar-refractivity contribution in [2.24, 2.45) is 5.73 Å². The van der Waals surface area contributed by atoms with Crippen molar-refractivity contribution in [3.8, 4) is 5.75 Å². The van der Waals surface area contributed by atoms with Gasteiger partial charge in [0, 0.05) is 19.0 Å². The molecular formula is C10H12F2N2O. The number of ether oxygens (including phenoxy) is 1. The van der Waals surface area contributed by atoms with Crippen LogP contribution < -0.4 is 10.5 Å². The molecule has 1 aromatic heterocycles. The number of hydrogen-bond donors (Lipinski definition) is 1. The smallest absolute Gasteiger partial charge is 0.252 e. The largest absolute Gasteiger partial charge is 0.495 e. The van der Waals surface area contributed by atoms with E-state index in [2.05, 4.69) is 4.98 Å². The van der Waals surface area contributed by atoms with Crippen LogP contribution in [0.3, 0.4) is 0 Å². The third-order valence-electron chi connectivity index (χ3n) is 2.67. The number of nitrogens with two attached hydrogens (primary N) is 1. The molecule has 0 bridgehead atoms. The van der Waals surface area contributed by atoms with Gasteiger partial charge in [-0.15, -0.1) is 0 Å². The molecule has 0 radical (unpaired) electrons. The molecular weight excluding hydrogens is 202 g/mol. The molecule has 1 aromatic rings. The average molecular weight is 214 g/mol. The van der Waals surface area contributed by atoms with Crippen molar-refractivity contribution in [3.05, 3.63) is 24.0 Å². The van der Waals surface area contributed by atoms with Gasteiger partial charge in [0.1, 0.15) is 5.75 Å². The first-order chi connectivity index (χ1) is 6.95. The van der Waals surface area contributed by atoms with Crippen LogP contribution in [0.1, 0.15) is 18.4 Å². The van der Waals surface area contributed by atoms with E-state index in [4.69, 9.17) is 10.5 Å². The summed E-state index contributed by atoms with van der Waals surface area (Å²) in [6, 6.07) is 1.66. The Morgan fingerprint density at radius 1 is 1.40 bits per heavy atom. The second-order valence-electron chi connectivity index (χ2n) is 3.98. The highest BCUT2D eigenvalue weighted by molar-refractivity contribution is 5.32. The van der Waals surface area contributed by atoms with Gasteiger partial charge in [-0.3, -0.25) is 4.98 Å². The van der Waals surface area contributed by atoms with Crippen molar-refractivity contribution >= 4 is 0 Å². The molecule has 1 aliphatic carbocycles. The second kappa shape index (κ2) is 3.13. The monoisotopic (exact) mass is 214 g/mol. The molecule has 3 nitrogen and oxygen atoms in total. The van der Waals surface area contributed by atoms with E-state index < -0.39 is 11.5 Å². The Labute approximate surface area is 86.3 Å². The fourth-order valence-electron chi connectivity index (χ4n) is 1.88. The first-order valence-electron chi connectivity index (χ1n) is 4.61.